The summed E-state index contributed by atoms with van der Waals surface area (Å²) in [5.41, 5.74) is 0.208. The molecular weight excluding hydrogens is 328 g/mol. The van der Waals surface area contributed by atoms with Crippen molar-refractivity contribution in [2.75, 3.05) is 6.61 Å². The van der Waals surface area contributed by atoms with Gasteiger partial charge >= 0.3 is 5.97 Å². The molecule has 1 rings (SSSR count). The maximum absolute atomic E-state index is 11.7. The third-order valence-electron chi connectivity index (χ3n) is 2.78. The molecule has 1 aromatic carbocycles. The molecule has 130 valence electrons. The number of benzene rings is 1. The van der Waals surface area contributed by atoms with Gasteiger partial charge in [0.2, 0.25) is 0 Å². The van der Waals surface area contributed by atoms with Gasteiger partial charge in [-0.25, -0.2) is 0 Å². The van der Waals surface area contributed by atoms with E-state index in [1.807, 2.05) is 0 Å². The zero-order valence-corrected chi connectivity index (χ0v) is 12.4. The molecule has 0 heterocycles. The van der Waals surface area contributed by atoms with Crippen LogP contribution in [0.2, 0.25) is 0 Å². The lowest BCUT2D eigenvalue weighted by atomic mass is 10.1. The van der Waals surface area contributed by atoms with Gasteiger partial charge in [0.05, 0.1) is 5.56 Å². The first-order chi connectivity index (χ1) is 11.4. The van der Waals surface area contributed by atoms with Crippen molar-refractivity contribution in [3.05, 3.63) is 50.1 Å². The van der Waals surface area contributed by atoms with Gasteiger partial charge in [-0.1, -0.05) is 12.1 Å². The summed E-state index contributed by atoms with van der Waals surface area (Å²) in [5, 5.41) is 18.2. The maximum atomic E-state index is 11.7. The van der Waals surface area contributed by atoms with E-state index in [9.17, 15) is 29.8 Å². The normalized spacial score (nSPS) is 11.2. The standard InChI is InChI=1S/C13H14N2O9/c16-8-10-4-1-2-6-12(10)23-13(17)7-3-5-11(24-15(20)21)9-22-14(18)19/h1-2,4,6,8,11H,3,5,7,9H2. The molecule has 24 heavy (non-hydrogen) atoms. The van der Waals surface area contributed by atoms with Crippen molar-refractivity contribution in [3.8, 4) is 5.75 Å². The van der Waals surface area contributed by atoms with Crippen molar-refractivity contribution in [3.63, 3.8) is 0 Å². The molecule has 0 aromatic heterocycles. The predicted molar refractivity (Wildman–Crippen MR) is 76.1 cm³/mol. The molecule has 0 spiro atoms. The number of carbonyl (C=O) groups excluding carboxylic acids is 2. The highest BCUT2D eigenvalue weighted by Crippen LogP contribution is 2.17. The number of rotatable bonds is 11. The number of carbonyl (C=O) groups is 2. The largest absolute Gasteiger partial charge is 0.426 e. The number of aldehydes is 1. The van der Waals surface area contributed by atoms with E-state index >= 15 is 0 Å². The number of hydrogen-bond acceptors (Lipinski definition) is 9. The zero-order chi connectivity index (χ0) is 17.9. The highest BCUT2D eigenvalue weighted by atomic mass is 17.0. The third-order valence-corrected chi connectivity index (χ3v) is 2.78. The summed E-state index contributed by atoms with van der Waals surface area (Å²) in [6, 6.07) is 6.12. The molecule has 0 N–H and O–H groups in total. The summed E-state index contributed by atoms with van der Waals surface area (Å²) in [4.78, 5) is 51.1. The quantitative estimate of drug-likeness (QED) is 0.191. The van der Waals surface area contributed by atoms with Gasteiger partial charge in [-0.15, -0.1) is 20.2 Å². The van der Waals surface area contributed by atoms with E-state index in [1.165, 1.54) is 12.1 Å². The second kappa shape index (κ2) is 9.71. The molecule has 1 atom stereocenters. The Labute approximate surface area is 135 Å². The maximum Gasteiger partial charge on any atom is 0.311 e. The zero-order valence-electron chi connectivity index (χ0n) is 12.4. The highest BCUT2D eigenvalue weighted by Gasteiger charge is 2.17. The number of hydrogen-bond donors (Lipinski definition) is 0. The topological polar surface area (TPSA) is 148 Å². The van der Waals surface area contributed by atoms with E-state index in [0.29, 0.717) is 6.29 Å². The second-order valence-electron chi connectivity index (χ2n) is 4.49. The van der Waals surface area contributed by atoms with E-state index in [0.717, 1.165) is 0 Å². The first-order valence-electron chi connectivity index (χ1n) is 6.75. The van der Waals surface area contributed by atoms with Crippen molar-refractivity contribution in [2.45, 2.75) is 25.4 Å². The molecule has 0 aliphatic heterocycles. The lowest BCUT2D eigenvalue weighted by Crippen LogP contribution is -2.25. The van der Waals surface area contributed by atoms with Gasteiger partial charge in [0.25, 0.3) is 10.2 Å². The SMILES string of the molecule is O=Cc1ccccc1OC(=O)CCCC(CO[N+](=O)[O-])O[N+](=O)[O-]. The summed E-state index contributed by atoms with van der Waals surface area (Å²) in [6.45, 7) is -0.628. The number of para-hydroxylation sites is 1. The predicted octanol–water partition coefficient (Wildman–Crippen LogP) is 1.36. The Bertz CT molecular complexity index is 605. The van der Waals surface area contributed by atoms with Crippen LogP contribution in [-0.2, 0) is 14.5 Å². The van der Waals surface area contributed by atoms with Crippen LogP contribution in [0.15, 0.2) is 24.3 Å². The van der Waals surface area contributed by atoms with Crippen LogP contribution in [0.4, 0.5) is 0 Å². The molecule has 0 radical (unpaired) electrons. The summed E-state index contributed by atoms with van der Waals surface area (Å²) < 4.78 is 5.01. The molecule has 0 fully saturated rings. The summed E-state index contributed by atoms with van der Waals surface area (Å²) >= 11 is 0. The summed E-state index contributed by atoms with van der Waals surface area (Å²) in [5.74, 6) is -0.549. The van der Waals surface area contributed by atoms with Crippen LogP contribution in [0.3, 0.4) is 0 Å². The van der Waals surface area contributed by atoms with E-state index in [-0.39, 0.29) is 30.6 Å². The molecule has 0 bridgehead atoms. The van der Waals surface area contributed by atoms with E-state index in [2.05, 4.69) is 9.68 Å². The fraction of sp³-hybridized carbons (Fsp3) is 0.385. The molecule has 11 nitrogen and oxygen atoms in total. The minimum atomic E-state index is -1.18. The molecule has 11 heteroatoms. The monoisotopic (exact) mass is 342 g/mol. The molecule has 1 aromatic rings. The van der Waals surface area contributed by atoms with Crippen molar-refractivity contribution in [1.29, 1.82) is 0 Å². The van der Waals surface area contributed by atoms with Crippen molar-refractivity contribution in [2.24, 2.45) is 0 Å². The lowest BCUT2D eigenvalue weighted by Gasteiger charge is -2.13. The van der Waals surface area contributed by atoms with Gasteiger partial charge in [-0.2, -0.15) is 0 Å². The molecule has 0 saturated heterocycles. The Morgan fingerprint density at radius 3 is 2.54 bits per heavy atom. The van der Waals surface area contributed by atoms with E-state index in [1.54, 1.807) is 12.1 Å². The molecular formula is C13H14N2O9. The Hall–Kier alpha value is -3.24. The molecule has 0 amide bonds. The smallest absolute Gasteiger partial charge is 0.311 e. The van der Waals surface area contributed by atoms with Gasteiger partial charge in [-0.3, -0.25) is 9.59 Å². The lowest BCUT2D eigenvalue weighted by molar-refractivity contribution is -0.790. The van der Waals surface area contributed by atoms with Crippen molar-refractivity contribution in [1.82, 2.24) is 0 Å². The fourth-order valence-corrected chi connectivity index (χ4v) is 1.75. The average molecular weight is 342 g/mol. The van der Waals surface area contributed by atoms with Gasteiger partial charge in [0.15, 0.2) is 6.29 Å². The van der Waals surface area contributed by atoms with Crippen molar-refractivity contribution < 1.29 is 34.2 Å². The molecule has 1 unspecified atom stereocenters. The van der Waals surface area contributed by atoms with Crippen LogP contribution in [-0.4, -0.2) is 35.1 Å². The minimum Gasteiger partial charge on any atom is -0.426 e. The van der Waals surface area contributed by atoms with Crippen LogP contribution in [0.5, 0.6) is 5.75 Å². The van der Waals surface area contributed by atoms with E-state index < -0.39 is 28.9 Å². The molecule has 0 aliphatic rings. The first-order valence-corrected chi connectivity index (χ1v) is 6.75. The molecule has 0 aliphatic carbocycles. The number of esters is 1. The Morgan fingerprint density at radius 1 is 1.21 bits per heavy atom. The van der Waals surface area contributed by atoms with Crippen LogP contribution < -0.4 is 4.74 Å². The van der Waals surface area contributed by atoms with Crippen LogP contribution in [0.25, 0.3) is 0 Å². The third kappa shape index (κ3) is 7.15. The first kappa shape index (κ1) is 18.8. The highest BCUT2D eigenvalue weighted by molar-refractivity contribution is 5.82. The summed E-state index contributed by atoms with van der Waals surface area (Å²) in [7, 11) is 0. The second-order valence-corrected chi connectivity index (χ2v) is 4.49. The van der Waals surface area contributed by atoms with Gasteiger partial charge < -0.3 is 14.4 Å². The fourth-order valence-electron chi connectivity index (χ4n) is 1.75. The van der Waals surface area contributed by atoms with Gasteiger partial charge in [-0.05, 0) is 25.0 Å². The van der Waals surface area contributed by atoms with Crippen LogP contribution in [0, 0.1) is 20.2 Å². The Kier molecular flexibility index (Phi) is 7.61. The van der Waals surface area contributed by atoms with E-state index in [4.69, 9.17) is 4.74 Å². The van der Waals surface area contributed by atoms with Gasteiger partial charge in [0, 0.05) is 6.42 Å². The van der Waals surface area contributed by atoms with Crippen LogP contribution >= 0.6 is 0 Å². The Morgan fingerprint density at radius 2 is 1.92 bits per heavy atom. The number of nitrogens with zero attached hydrogens (tertiary/aromatic N) is 2. The Balaban J connectivity index is 2.45. The molecule has 0 saturated carbocycles. The van der Waals surface area contributed by atoms with Gasteiger partial charge in [0.1, 0.15) is 18.5 Å². The van der Waals surface area contributed by atoms with Crippen molar-refractivity contribution >= 4 is 12.3 Å². The number of ether oxygens (including phenoxy) is 1. The average Bonchev–Trinajstić information content (AvgIpc) is 2.52. The minimum absolute atomic E-state index is 0.0285. The summed E-state index contributed by atoms with van der Waals surface area (Å²) in [6.07, 6.45) is -0.677. The van der Waals surface area contributed by atoms with Crippen LogP contribution in [0.1, 0.15) is 29.6 Å².